The van der Waals surface area contributed by atoms with E-state index in [0.29, 0.717) is 12.1 Å². The summed E-state index contributed by atoms with van der Waals surface area (Å²) < 4.78 is 6.21. The number of nitrogens with zero attached hydrogens (tertiary/aromatic N) is 1. The molecule has 1 aliphatic carbocycles. The van der Waals surface area contributed by atoms with Gasteiger partial charge in [-0.05, 0) is 50.7 Å². The molecule has 0 bridgehead atoms. The summed E-state index contributed by atoms with van der Waals surface area (Å²) in [4.78, 5) is 2.42. The zero-order valence-corrected chi connectivity index (χ0v) is 11.6. The van der Waals surface area contributed by atoms with Gasteiger partial charge in [-0.15, -0.1) is 0 Å². The van der Waals surface area contributed by atoms with Gasteiger partial charge < -0.3 is 15.4 Å². The summed E-state index contributed by atoms with van der Waals surface area (Å²) in [6.07, 6.45) is 7.62. The van der Waals surface area contributed by atoms with E-state index in [2.05, 4.69) is 29.2 Å². The fourth-order valence-electron chi connectivity index (χ4n) is 3.14. The Hall–Kier alpha value is -1.22. The predicted octanol–water partition coefficient (Wildman–Crippen LogP) is 2.94. The lowest BCUT2D eigenvalue weighted by Gasteiger charge is -2.33. The van der Waals surface area contributed by atoms with Gasteiger partial charge in [0.1, 0.15) is 5.75 Å². The Morgan fingerprint density at radius 3 is 2.42 bits per heavy atom. The SMILES string of the molecule is NC1CCN(c2ccccc2OC2CCCC2)CC1. The van der Waals surface area contributed by atoms with Crippen LogP contribution in [0.25, 0.3) is 0 Å². The van der Waals surface area contributed by atoms with Crippen LogP contribution in [0.15, 0.2) is 24.3 Å². The minimum atomic E-state index is 0.374. The number of nitrogens with two attached hydrogens (primary N) is 1. The van der Waals surface area contributed by atoms with E-state index in [1.807, 2.05) is 0 Å². The first-order valence-electron chi connectivity index (χ1n) is 7.59. The van der Waals surface area contributed by atoms with Crippen LogP contribution in [0.3, 0.4) is 0 Å². The molecule has 0 spiro atoms. The van der Waals surface area contributed by atoms with Gasteiger partial charge in [0.05, 0.1) is 11.8 Å². The van der Waals surface area contributed by atoms with Crippen LogP contribution in [-0.2, 0) is 0 Å². The highest BCUT2D eigenvalue weighted by Crippen LogP contribution is 2.33. The number of anilines is 1. The summed E-state index contributed by atoms with van der Waals surface area (Å²) in [7, 11) is 0. The third-order valence-electron chi connectivity index (χ3n) is 4.34. The third-order valence-corrected chi connectivity index (χ3v) is 4.34. The number of benzene rings is 1. The average molecular weight is 260 g/mol. The number of hydrogen-bond donors (Lipinski definition) is 1. The number of piperidine rings is 1. The summed E-state index contributed by atoms with van der Waals surface area (Å²) in [6.45, 7) is 2.10. The van der Waals surface area contributed by atoms with E-state index >= 15 is 0 Å². The van der Waals surface area contributed by atoms with E-state index in [1.54, 1.807) is 0 Å². The summed E-state index contributed by atoms with van der Waals surface area (Å²) in [5.74, 6) is 1.06. The van der Waals surface area contributed by atoms with E-state index in [9.17, 15) is 0 Å². The maximum Gasteiger partial charge on any atom is 0.143 e. The molecule has 0 amide bonds. The molecule has 3 nitrogen and oxygen atoms in total. The van der Waals surface area contributed by atoms with Crippen molar-refractivity contribution in [2.75, 3.05) is 18.0 Å². The van der Waals surface area contributed by atoms with Gasteiger partial charge in [0.25, 0.3) is 0 Å². The Balaban J connectivity index is 1.73. The van der Waals surface area contributed by atoms with Gasteiger partial charge in [0, 0.05) is 19.1 Å². The molecule has 3 heteroatoms. The zero-order chi connectivity index (χ0) is 13.1. The minimum Gasteiger partial charge on any atom is -0.488 e. The van der Waals surface area contributed by atoms with E-state index in [0.717, 1.165) is 31.7 Å². The smallest absolute Gasteiger partial charge is 0.143 e. The number of ether oxygens (including phenoxy) is 1. The average Bonchev–Trinajstić information content (AvgIpc) is 2.93. The normalized spacial score (nSPS) is 21.8. The molecule has 0 unspecified atom stereocenters. The molecule has 1 aliphatic heterocycles. The van der Waals surface area contributed by atoms with Crippen molar-refractivity contribution in [3.05, 3.63) is 24.3 Å². The standard InChI is InChI=1S/C16H24N2O/c17-13-9-11-18(12-10-13)15-7-3-4-8-16(15)19-14-5-1-2-6-14/h3-4,7-8,13-14H,1-2,5-6,9-12,17H2. The maximum atomic E-state index is 6.21. The Morgan fingerprint density at radius 1 is 1.00 bits per heavy atom. The second kappa shape index (κ2) is 5.83. The first-order valence-corrected chi connectivity index (χ1v) is 7.59. The van der Waals surface area contributed by atoms with Crippen LogP contribution in [0.1, 0.15) is 38.5 Å². The largest absolute Gasteiger partial charge is 0.488 e. The van der Waals surface area contributed by atoms with Crippen molar-refractivity contribution in [3.8, 4) is 5.75 Å². The molecular weight excluding hydrogens is 236 g/mol. The Bertz CT molecular complexity index is 407. The summed E-state index contributed by atoms with van der Waals surface area (Å²) >= 11 is 0. The molecule has 1 saturated carbocycles. The van der Waals surface area contributed by atoms with Gasteiger partial charge in [-0.2, -0.15) is 0 Å². The summed E-state index contributed by atoms with van der Waals surface area (Å²) in [6, 6.07) is 8.84. The van der Waals surface area contributed by atoms with Gasteiger partial charge in [-0.25, -0.2) is 0 Å². The van der Waals surface area contributed by atoms with Gasteiger partial charge in [0.2, 0.25) is 0 Å². The van der Waals surface area contributed by atoms with E-state index < -0.39 is 0 Å². The minimum absolute atomic E-state index is 0.374. The molecule has 1 heterocycles. The molecule has 1 saturated heterocycles. The first kappa shape index (κ1) is 12.8. The lowest BCUT2D eigenvalue weighted by atomic mass is 10.1. The van der Waals surface area contributed by atoms with Crippen molar-refractivity contribution in [1.29, 1.82) is 0 Å². The molecule has 104 valence electrons. The molecule has 1 aromatic rings. The molecule has 2 fully saturated rings. The van der Waals surface area contributed by atoms with Gasteiger partial charge in [-0.1, -0.05) is 12.1 Å². The molecule has 2 aliphatic rings. The molecular formula is C16H24N2O. The second-order valence-corrected chi connectivity index (χ2v) is 5.82. The maximum absolute atomic E-state index is 6.21. The molecule has 3 rings (SSSR count). The highest BCUT2D eigenvalue weighted by atomic mass is 16.5. The van der Waals surface area contributed by atoms with Crippen LogP contribution >= 0.6 is 0 Å². The molecule has 19 heavy (non-hydrogen) atoms. The molecule has 0 radical (unpaired) electrons. The number of para-hydroxylation sites is 2. The summed E-state index contributed by atoms with van der Waals surface area (Å²) in [5.41, 5.74) is 7.24. The number of hydrogen-bond acceptors (Lipinski definition) is 3. The van der Waals surface area contributed by atoms with Gasteiger partial charge in [0.15, 0.2) is 0 Å². The van der Waals surface area contributed by atoms with E-state index in [4.69, 9.17) is 10.5 Å². The van der Waals surface area contributed by atoms with E-state index in [-0.39, 0.29) is 0 Å². The predicted molar refractivity (Wildman–Crippen MR) is 78.7 cm³/mol. The number of rotatable bonds is 3. The molecule has 0 aromatic heterocycles. The Labute approximate surface area is 115 Å². The fourth-order valence-corrected chi connectivity index (χ4v) is 3.14. The van der Waals surface area contributed by atoms with E-state index in [1.165, 1.54) is 31.4 Å². The van der Waals surface area contributed by atoms with Crippen molar-refractivity contribution in [1.82, 2.24) is 0 Å². The van der Waals surface area contributed by atoms with Gasteiger partial charge >= 0.3 is 0 Å². The van der Waals surface area contributed by atoms with Gasteiger partial charge in [-0.3, -0.25) is 0 Å². The quantitative estimate of drug-likeness (QED) is 0.908. The molecule has 2 N–H and O–H groups in total. The zero-order valence-electron chi connectivity index (χ0n) is 11.6. The lowest BCUT2D eigenvalue weighted by Crippen LogP contribution is -2.39. The molecule has 1 aromatic carbocycles. The van der Waals surface area contributed by atoms with Crippen LogP contribution in [0.5, 0.6) is 5.75 Å². The highest BCUT2D eigenvalue weighted by Gasteiger charge is 2.22. The third kappa shape index (κ3) is 3.03. The van der Waals surface area contributed by atoms with Crippen LogP contribution in [0.4, 0.5) is 5.69 Å². The topological polar surface area (TPSA) is 38.5 Å². The van der Waals surface area contributed by atoms with Crippen molar-refractivity contribution in [2.45, 2.75) is 50.7 Å². The highest BCUT2D eigenvalue weighted by molar-refractivity contribution is 5.58. The molecule has 0 atom stereocenters. The Morgan fingerprint density at radius 2 is 1.68 bits per heavy atom. The second-order valence-electron chi connectivity index (χ2n) is 5.82. The monoisotopic (exact) mass is 260 g/mol. The van der Waals surface area contributed by atoms with Crippen LogP contribution < -0.4 is 15.4 Å². The van der Waals surface area contributed by atoms with Crippen molar-refractivity contribution in [3.63, 3.8) is 0 Å². The van der Waals surface area contributed by atoms with Crippen molar-refractivity contribution >= 4 is 5.69 Å². The lowest BCUT2D eigenvalue weighted by molar-refractivity contribution is 0.210. The first-order chi connectivity index (χ1) is 9.33. The van der Waals surface area contributed by atoms with Crippen molar-refractivity contribution in [2.24, 2.45) is 5.73 Å². The van der Waals surface area contributed by atoms with Crippen LogP contribution in [0.2, 0.25) is 0 Å². The fraction of sp³-hybridized carbons (Fsp3) is 0.625. The summed E-state index contributed by atoms with van der Waals surface area (Å²) in [5, 5.41) is 0. The Kier molecular flexibility index (Phi) is 3.92. The van der Waals surface area contributed by atoms with Crippen LogP contribution in [-0.4, -0.2) is 25.2 Å². The van der Waals surface area contributed by atoms with Crippen LogP contribution in [0, 0.1) is 0 Å². The van der Waals surface area contributed by atoms with Crippen molar-refractivity contribution < 1.29 is 4.74 Å².